The summed E-state index contributed by atoms with van der Waals surface area (Å²) in [4.78, 5) is 25.4. The Labute approximate surface area is 169 Å². The van der Waals surface area contributed by atoms with E-state index in [2.05, 4.69) is 15.3 Å². The second-order valence-corrected chi connectivity index (χ2v) is 6.91. The monoisotopic (exact) mass is 391 g/mol. The zero-order valence-electron chi connectivity index (χ0n) is 16.2. The van der Waals surface area contributed by atoms with Gasteiger partial charge in [-0.25, -0.2) is 14.4 Å². The summed E-state index contributed by atoms with van der Waals surface area (Å²) in [7, 11) is 0. The Morgan fingerprint density at radius 2 is 1.66 bits per heavy atom. The maximum absolute atomic E-state index is 14.0. The van der Waals surface area contributed by atoms with Crippen LogP contribution in [0.3, 0.4) is 0 Å². The van der Waals surface area contributed by atoms with Gasteiger partial charge in [0.2, 0.25) is 0 Å². The molecule has 0 atom stereocenters. The molecular weight excluding hydrogens is 369 g/mol. The first-order valence-corrected chi connectivity index (χ1v) is 9.57. The Bertz CT molecular complexity index is 1000. The van der Waals surface area contributed by atoms with Crippen molar-refractivity contribution in [3.05, 3.63) is 78.0 Å². The number of anilines is 3. The first-order chi connectivity index (χ1) is 14.1. The van der Waals surface area contributed by atoms with Crippen molar-refractivity contribution in [2.24, 2.45) is 0 Å². The van der Waals surface area contributed by atoms with Gasteiger partial charge in [0.25, 0.3) is 5.91 Å². The molecule has 0 aliphatic carbocycles. The average Bonchev–Trinajstić information content (AvgIpc) is 2.74. The number of hydrogen-bond donors (Lipinski definition) is 1. The molecular formula is C22H22FN5O. The Morgan fingerprint density at radius 1 is 0.966 bits per heavy atom. The van der Waals surface area contributed by atoms with E-state index in [9.17, 15) is 9.18 Å². The van der Waals surface area contributed by atoms with E-state index in [1.807, 2.05) is 41.3 Å². The van der Waals surface area contributed by atoms with Gasteiger partial charge in [0.05, 0.1) is 5.69 Å². The zero-order valence-corrected chi connectivity index (χ0v) is 16.2. The van der Waals surface area contributed by atoms with Crippen LogP contribution in [-0.4, -0.2) is 47.0 Å². The van der Waals surface area contributed by atoms with Crippen molar-refractivity contribution >= 4 is 23.1 Å². The number of nitrogens with one attached hydrogen (secondary N) is 1. The first-order valence-electron chi connectivity index (χ1n) is 9.57. The highest BCUT2D eigenvalue weighted by atomic mass is 19.1. The smallest absolute Gasteiger partial charge is 0.272 e. The molecule has 1 aromatic heterocycles. The molecule has 1 amide bonds. The third kappa shape index (κ3) is 4.34. The van der Waals surface area contributed by atoms with Crippen molar-refractivity contribution in [3.63, 3.8) is 0 Å². The molecule has 1 aliphatic heterocycles. The standard InChI is InChI=1S/C22H22FN5O/c1-16-24-19(15-21(25-16)26-17-7-3-2-4-8-17)22(29)28-13-11-27(12-14-28)20-10-6-5-9-18(20)23/h2-10,15H,11-14H2,1H3,(H,24,25,26). The van der Waals surface area contributed by atoms with Crippen molar-refractivity contribution in [1.29, 1.82) is 0 Å². The normalized spacial score (nSPS) is 14.0. The van der Waals surface area contributed by atoms with Gasteiger partial charge in [-0.15, -0.1) is 0 Å². The molecule has 0 saturated carbocycles. The van der Waals surface area contributed by atoms with Gasteiger partial charge < -0.3 is 15.1 Å². The quantitative estimate of drug-likeness (QED) is 0.736. The Hall–Kier alpha value is -3.48. The molecule has 2 heterocycles. The number of para-hydroxylation sites is 2. The van der Waals surface area contributed by atoms with E-state index < -0.39 is 0 Å². The molecule has 3 aromatic rings. The SMILES string of the molecule is Cc1nc(Nc2ccccc2)cc(C(=O)N2CCN(c3ccccc3F)CC2)n1. The predicted molar refractivity (Wildman–Crippen MR) is 111 cm³/mol. The van der Waals surface area contributed by atoms with Crippen LogP contribution in [0.2, 0.25) is 0 Å². The second-order valence-electron chi connectivity index (χ2n) is 6.91. The number of aryl methyl sites for hydroxylation is 1. The van der Waals surface area contributed by atoms with Crippen LogP contribution in [0.5, 0.6) is 0 Å². The van der Waals surface area contributed by atoms with E-state index in [-0.39, 0.29) is 11.7 Å². The van der Waals surface area contributed by atoms with Gasteiger partial charge in [-0.3, -0.25) is 4.79 Å². The molecule has 1 aliphatic rings. The highest BCUT2D eigenvalue weighted by Crippen LogP contribution is 2.21. The molecule has 2 aromatic carbocycles. The number of piperazine rings is 1. The predicted octanol–water partition coefficient (Wildman–Crippen LogP) is 3.63. The van der Waals surface area contributed by atoms with Crippen molar-refractivity contribution < 1.29 is 9.18 Å². The minimum Gasteiger partial charge on any atom is -0.366 e. The van der Waals surface area contributed by atoms with Gasteiger partial charge in [-0.1, -0.05) is 30.3 Å². The van der Waals surface area contributed by atoms with Crippen molar-refractivity contribution in [2.75, 3.05) is 36.4 Å². The van der Waals surface area contributed by atoms with E-state index in [4.69, 9.17) is 0 Å². The molecule has 4 rings (SSSR count). The van der Waals surface area contributed by atoms with Crippen molar-refractivity contribution in [3.8, 4) is 0 Å². The van der Waals surface area contributed by atoms with Gasteiger partial charge in [-0.05, 0) is 31.2 Å². The van der Waals surface area contributed by atoms with Gasteiger partial charge in [0.15, 0.2) is 0 Å². The molecule has 0 spiro atoms. The van der Waals surface area contributed by atoms with Gasteiger partial charge in [-0.2, -0.15) is 0 Å². The summed E-state index contributed by atoms with van der Waals surface area (Å²) in [5.74, 6) is 0.728. The third-order valence-corrected chi connectivity index (χ3v) is 4.86. The highest BCUT2D eigenvalue weighted by Gasteiger charge is 2.25. The first kappa shape index (κ1) is 18.9. The number of amides is 1. The number of rotatable bonds is 4. The van der Waals surface area contributed by atoms with Crippen molar-refractivity contribution in [1.82, 2.24) is 14.9 Å². The lowest BCUT2D eigenvalue weighted by molar-refractivity contribution is 0.0740. The number of nitrogens with zero attached hydrogens (tertiary/aromatic N) is 4. The van der Waals surface area contributed by atoms with Crippen LogP contribution in [0.1, 0.15) is 16.3 Å². The molecule has 7 heteroatoms. The molecule has 1 fully saturated rings. The number of benzene rings is 2. The number of aromatic nitrogens is 2. The van der Waals surface area contributed by atoms with Crippen LogP contribution in [-0.2, 0) is 0 Å². The molecule has 29 heavy (non-hydrogen) atoms. The largest absolute Gasteiger partial charge is 0.366 e. The Balaban J connectivity index is 1.45. The van der Waals surface area contributed by atoms with E-state index in [1.54, 1.807) is 30.0 Å². The van der Waals surface area contributed by atoms with E-state index >= 15 is 0 Å². The Kier molecular flexibility index (Phi) is 5.37. The second kappa shape index (κ2) is 8.26. The van der Waals surface area contributed by atoms with Crippen LogP contribution in [0.25, 0.3) is 0 Å². The molecule has 1 saturated heterocycles. The van der Waals surface area contributed by atoms with Gasteiger partial charge >= 0.3 is 0 Å². The third-order valence-electron chi connectivity index (χ3n) is 4.86. The number of carbonyl (C=O) groups excluding carboxylic acids is 1. The number of halogens is 1. The molecule has 6 nitrogen and oxygen atoms in total. The summed E-state index contributed by atoms with van der Waals surface area (Å²) in [6, 6.07) is 18.0. The van der Waals surface area contributed by atoms with Crippen LogP contribution < -0.4 is 10.2 Å². The van der Waals surface area contributed by atoms with E-state index in [0.29, 0.717) is 49.2 Å². The summed E-state index contributed by atoms with van der Waals surface area (Å²) in [6.07, 6.45) is 0. The summed E-state index contributed by atoms with van der Waals surface area (Å²) in [5, 5.41) is 3.21. The number of carbonyl (C=O) groups is 1. The summed E-state index contributed by atoms with van der Waals surface area (Å²) in [6.45, 7) is 3.94. The fraction of sp³-hybridized carbons (Fsp3) is 0.227. The van der Waals surface area contributed by atoms with Gasteiger partial charge in [0.1, 0.15) is 23.2 Å². The molecule has 1 N–H and O–H groups in total. The minimum atomic E-state index is -0.240. The van der Waals surface area contributed by atoms with Crippen LogP contribution >= 0.6 is 0 Å². The maximum atomic E-state index is 14.0. The summed E-state index contributed by atoms with van der Waals surface area (Å²) >= 11 is 0. The topological polar surface area (TPSA) is 61.4 Å². The average molecular weight is 391 g/mol. The summed E-state index contributed by atoms with van der Waals surface area (Å²) < 4.78 is 14.0. The van der Waals surface area contributed by atoms with Crippen LogP contribution in [0.15, 0.2) is 60.7 Å². The molecule has 0 unspecified atom stereocenters. The lowest BCUT2D eigenvalue weighted by Gasteiger charge is -2.36. The number of hydrogen-bond acceptors (Lipinski definition) is 5. The molecule has 0 bridgehead atoms. The lowest BCUT2D eigenvalue weighted by atomic mass is 10.2. The molecule has 148 valence electrons. The zero-order chi connectivity index (χ0) is 20.2. The van der Waals surface area contributed by atoms with Gasteiger partial charge in [0, 0.05) is 37.9 Å². The molecule has 0 radical (unpaired) electrons. The van der Waals surface area contributed by atoms with Crippen LogP contribution in [0.4, 0.5) is 21.6 Å². The lowest BCUT2D eigenvalue weighted by Crippen LogP contribution is -2.49. The minimum absolute atomic E-state index is 0.139. The van der Waals surface area contributed by atoms with E-state index in [1.165, 1.54) is 6.07 Å². The highest BCUT2D eigenvalue weighted by molar-refractivity contribution is 5.93. The van der Waals surface area contributed by atoms with Crippen molar-refractivity contribution in [2.45, 2.75) is 6.92 Å². The maximum Gasteiger partial charge on any atom is 0.272 e. The van der Waals surface area contributed by atoms with E-state index in [0.717, 1.165) is 5.69 Å². The summed E-state index contributed by atoms with van der Waals surface area (Å²) in [5.41, 5.74) is 1.82. The fourth-order valence-electron chi connectivity index (χ4n) is 3.43. The van der Waals surface area contributed by atoms with Crippen LogP contribution in [0, 0.1) is 12.7 Å². The Morgan fingerprint density at radius 3 is 2.38 bits per heavy atom. The fourth-order valence-corrected chi connectivity index (χ4v) is 3.43.